The molecular weight excluding hydrogens is 354 g/mol. The molecule has 1 heterocycles. The lowest BCUT2D eigenvalue weighted by molar-refractivity contribution is -0.131. The third-order valence-electron chi connectivity index (χ3n) is 4.18. The number of rotatable bonds is 5. The van der Waals surface area contributed by atoms with Crippen LogP contribution in [-0.2, 0) is 20.8 Å². The van der Waals surface area contributed by atoms with Crippen LogP contribution < -0.4 is 4.90 Å². The van der Waals surface area contributed by atoms with Crippen LogP contribution in [0, 0.1) is 5.92 Å². The molecule has 5 nitrogen and oxygen atoms in total. The van der Waals surface area contributed by atoms with Crippen molar-refractivity contribution in [3.05, 3.63) is 70.8 Å². The number of benzene rings is 2. The molecular formula is C20H16ClNO4. The molecule has 0 spiro atoms. The summed E-state index contributed by atoms with van der Waals surface area (Å²) < 4.78 is 0. The van der Waals surface area contributed by atoms with E-state index in [0.29, 0.717) is 22.7 Å². The molecule has 1 N–H and O–H groups in total. The molecule has 6 heteroatoms. The fourth-order valence-electron chi connectivity index (χ4n) is 2.97. The van der Waals surface area contributed by atoms with E-state index < -0.39 is 11.9 Å². The van der Waals surface area contributed by atoms with E-state index in [2.05, 4.69) is 0 Å². The molecule has 2 amide bonds. The molecule has 1 aliphatic heterocycles. The van der Waals surface area contributed by atoms with Gasteiger partial charge in [-0.05, 0) is 47.9 Å². The highest BCUT2D eigenvalue weighted by Crippen LogP contribution is 2.29. The van der Waals surface area contributed by atoms with E-state index in [9.17, 15) is 14.4 Å². The van der Waals surface area contributed by atoms with Gasteiger partial charge in [0.1, 0.15) is 0 Å². The van der Waals surface area contributed by atoms with Crippen molar-refractivity contribution in [1.82, 2.24) is 0 Å². The Balaban J connectivity index is 1.79. The van der Waals surface area contributed by atoms with Gasteiger partial charge in [-0.2, -0.15) is 0 Å². The van der Waals surface area contributed by atoms with E-state index in [0.717, 1.165) is 11.6 Å². The number of amides is 2. The third kappa shape index (κ3) is 4.00. The van der Waals surface area contributed by atoms with Crippen molar-refractivity contribution < 1.29 is 19.5 Å². The fraction of sp³-hybridized carbons (Fsp3) is 0.150. The summed E-state index contributed by atoms with van der Waals surface area (Å²) in [6, 6.07) is 13.9. The molecule has 132 valence electrons. The first kappa shape index (κ1) is 17.9. The van der Waals surface area contributed by atoms with Gasteiger partial charge in [0.15, 0.2) is 0 Å². The van der Waals surface area contributed by atoms with Crippen molar-refractivity contribution in [3.8, 4) is 0 Å². The zero-order valence-electron chi connectivity index (χ0n) is 13.8. The maximum absolute atomic E-state index is 12.7. The minimum Gasteiger partial charge on any atom is -0.478 e. The molecule has 0 saturated carbocycles. The summed E-state index contributed by atoms with van der Waals surface area (Å²) in [6.07, 6.45) is 3.05. The fourth-order valence-corrected chi connectivity index (χ4v) is 3.09. The zero-order chi connectivity index (χ0) is 18.7. The van der Waals surface area contributed by atoms with Gasteiger partial charge in [-0.15, -0.1) is 0 Å². The number of hydrogen-bond donors (Lipinski definition) is 1. The number of imide groups is 1. The highest BCUT2D eigenvalue weighted by molar-refractivity contribution is 6.30. The quantitative estimate of drug-likeness (QED) is 0.646. The van der Waals surface area contributed by atoms with Crippen LogP contribution in [0.2, 0.25) is 5.02 Å². The second-order valence-electron chi connectivity index (χ2n) is 6.07. The number of nitrogens with zero attached hydrogens (tertiary/aromatic N) is 1. The van der Waals surface area contributed by atoms with Crippen molar-refractivity contribution in [2.75, 3.05) is 4.90 Å². The van der Waals surface area contributed by atoms with E-state index in [4.69, 9.17) is 16.7 Å². The van der Waals surface area contributed by atoms with Crippen LogP contribution in [-0.4, -0.2) is 22.9 Å². The first-order chi connectivity index (χ1) is 12.4. The molecule has 3 rings (SSSR count). The maximum Gasteiger partial charge on any atom is 0.328 e. The molecule has 1 aliphatic rings. The van der Waals surface area contributed by atoms with Crippen molar-refractivity contribution in [3.63, 3.8) is 0 Å². The standard InChI is InChI=1S/C20H16ClNO4/c21-16-7-4-14(5-8-16)10-15-12-18(23)22(20(15)26)17-3-1-2-13(11-17)6-9-19(24)25/h1-9,11,15H,10,12H2,(H,24,25)/b9-6+/t15-/m1/s1. The Morgan fingerprint density at radius 3 is 2.62 bits per heavy atom. The third-order valence-corrected chi connectivity index (χ3v) is 4.43. The van der Waals surface area contributed by atoms with Gasteiger partial charge >= 0.3 is 5.97 Å². The highest BCUT2D eigenvalue weighted by atomic mass is 35.5. The van der Waals surface area contributed by atoms with Crippen LogP contribution in [0.3, 0.4) is 0 Å². The van der Waals surface area contributed by atoms with Crippen molar-refractivity contribution in [1.29, 1.82) is 0 Å². The molecule has 1 fully saturated rings. The summed E-state index contributed by atoms with van der Waals surface area (Å²) >= 11 is 5.87. The van der Waals surface area contributed by atoms with Crippen LogP contribution in [0.1, 0.15) is 17.5 Å². The average molecular weight is 370 g/mol. The number of carbonyl (C=O) groups is 3. The average Bonchev–Trinajstić information content (AvgIpc) is 2.89. The van der Waals surface area contributed by atoms with Crippen molar-refractivity contribution in [2.45, 2.75) is 12.8 Å². The minimum absolute atomic E-state index is 0.149. The summed E-state index contributed by atoms with van der Waals surface area (Å²) in [5.74, 6) is -1.98. The first-order valence-corrected chi connectivity index (χ1v) is 8.44. The lowest BCUT2D eigenvalue weighted by Gasteiger charge is -2.15. The van der Waals surface area contributed by atoms with Gasteiger partial charge in [-0.3, -0.25) is 14.5 Å². The Kier molecular flexibility index (Phi) is 5.19. The maximum atomic E-state index is 12.7. The Morgan fingerprint density at radius 1 is 1.19 bits per heavy atom. The molecule has 0 aromatic heterocycles. The number of carboxylic acid groups (broad SMARTS) is 1. The molecule has 2 aromatic rings. The SMILES string of the molecule is O=C(O)/C=C/c1cccc(N2C(=O)C[C@@H](Cc3ccc(Cl)cc3)C2=O)c1. The van der Waals surface area contributed by atoms with E-state index in [1.165, 1.54) is 11.0 Å². The van der Waals surface area contributed by atoms with Crippen LogP contribution >= 0.6 is 11.6 Å². The Labute approximate surface area is 155 Å². The summed E-state index contributed by atoms with van der Waals surface area (Å²) in [5, 5.41) is 9.34. The zero-order valence-corrected chi connectivity index (χ0v) is 14.5. The minimum atomic E-state index is -1.06. The normalized spacial score (nSPS) is 17.3. The second kappa shape index (κ2) is 7.54. The molecule has 1 atom stereocenters. The topological polar surface area (TPSA) is 74.7 Å². The first-order valence-electron chi connectivity index (χ1n) is 8.06. The number of halogens is 1. The van der Waals surface area contributed by atoms with E-state index in [1.54, 1.807) is 36.4 Å². The molecule has 2 aromatic carbocycles. The molecule has 1 saturated heterocycles. The van der Waals surface area contributed by atoms with E-state index >= 15 is 0 Å². The van der Waals surface area contributed by atoms with Gasteiger partial charge in [0.2, 0.25) is 11.8 Å². The molecule has 26 heavy (non-hydrogen) atoms. The Morgan fingerprint density at radius 2 is 1.92 bits per heavy atom. The van der Waals surface area contributed by atoms with Gasteiger partial charge in [0.25, 0.3) is 0 Å². The van der Waals surface area contributed by atoms with E-state index in [-0.39, 0.29) is 18.2 Å². The highest BCUT2D eigenvalue weighted by Gasteiger charge is 2.39. The van der Waals surface area contributed by atoms with Crippen LogP contribution in [0.4, 0.5) is 5.69 Å². The number of carboxylic acids is 1. The lowest BCUT2D eigenvalue weighted by atomic mass is 9.98. The molecule has 0 aliphatic carbocycles. The Bertz CT molecular complexity index is 889. The summed E-state index contributed by atoms with van der Waals surface area (Å²) in [7, 11) is 0. The van der Waals surface area contributed by atoms with Gasteiger partial charge in [-0.1, -0.05) is 35.9 Å². The van der Waals surface area contributed by atoms with Crippen LogP contribution in [0.15, 0.2) is 54.6 Å². The number of anilines is 1. The van der Waals surface area contributed by atoms with E-state index in [1.807, 2.05) is 12.1 Å². The Hall–Kier alpha value is -2.92. The number of hydrogen-bond acceptors (Lipinski definition) is 3. The van der Waals surface area contributed by atoms with Crippen molar-refractivity contribution >= 4 is 41.1 Å². The van der Waals surface area contributed by atoms with Gasteiger partial charge in [0.05, 0.1) is 11.6 Å². The smallest absolute Gasteiger partial charge is 0.328 e. The summed E-state index contributed by atoms with van der Waals surface area (Å²) in [4.78, 5) is 36.9. The van der Waals surface area contributed by atoms with Crippen molar-refractivity contribution in [2.24, 2.45) is 5.92 Å². The number of carbonyl (C=O) groups excluding carboxylic acids is 2. The predicted octanol–water partition coefficient (Wildman–Crippen LogP) is 3.56. The van der Waals surface area contributed by atoms with Crippen LogP contribution in [0.5, 0.6) is 0 Å². The molecule has 0 bridgehead atoms. The molecule has 0 radical (unpaired) electrons. The van der Waals surface area contributed by atoms with Crippen LogP contribution in [0.25, 0.3) is 6.08 Å². The van der Waals surface area contributed by atoms with Gasteiger partial charge in [0, 0.05) is 17.5 Å². The second-order valence-corrected chi connectivity index (χ2v) is 6.50. The number of aliphatic carboxylic acids is 1. The largest absolute Gasteiger partial charge is 0.478 e. The summed E-state index contributed by atoms with van der Waals surface area (Å²) in [6.45, 7) is 0. The lowest BCUT2D eigenvalue weighted by Crippen LogP contribution is -2.30. The monoisotopic (exact) mass is 369 g/mol. The predicted molar refractivity (Wildman–Crippen MR) is 98.9 cm³/mol. The molecule has 0 unspecified atom stereocenters. The summed E-state index contributed by atoms with van der Waals surface area (Å²) in [5.41, 5.74) is 2.00. The van der Waals surface area contributed by atoms with Gasteiger partial charge in [-0.25, -0.2) is 4.79 Å². The van der Waals surface area contributed by atoms with Gasteiger partial charge < -0.3 is 5.11 Å².